The highest BCUT2D eigenvalue weighted by molar-refractivity contribution is 14.1. The Morgan fingerprint density at radius 2 is 2.00 bits per heavy atom. The molecule has 6 heteroatoms. The average molecular weight is 346 g/mol. The molecule has 0 atom stereocenters. The molecule has 17 heavy (non-hydrogen) atoms. The number of carboxylic acid groups (broad SMARTS) is 1. The predicted octanol–water partition coefficient (Wildman–Crippen LogP) is 2.53. The second-order valence-electron chi connectivity index (χ2n) is 3.45. The fourth-order valence-electron chi connectivity index (χ4n) is 1.56. The first-order valence-electron chi connectivity index (χ1n) is 4.72. The van der Waals surface area contributed by atoms with Crippen molar-refractivity contribution < 1.29 is 14.3 Å². The Morgan fingerprint density at radius 1 is 1.41 bits per heavy atom. The molecule has 88 valence electrons. The topological polar surface area (TPSA) is 55.1 Å². The van der Waals surface area contributed by atoms with Crippen LogP contribution in [0.5, 0.6) is 0 Å². The molecular formula is C11H8FIN2O2. The maximum Gasteiger partial charge on any atom is 0.357 e. The van der Waals surface area contributed by atoms with Crippen molar-refractivity contribution in [2.24, 2.45) is 7.05 Å². The summed E-state index contributed by atoms with van der Waals surface area (Å²) in [6.07, 6.45) is 0. The van der Waals surface area contributed by atoms with Gasteiger partial charge in [-0.3, -0.25) is 4.68 Å². The summed E-state index contributed by atoms with van der Waals surface area (Å²) in [6.45, 7) is 0. The van der Waals surface area contributed by atoms with Crippen molar-refractivity contribution in [3.8, 4) is 11.3 Å². The third-order valence-electron chi connectivity index (χ3n) is 2.31. The van der Waals surface area contributed by atoms with Gasteiger partial charge in [0.15, 0.2) is 5.69 Å². The van der Waals surface area contributed by atoms with E-state index in [4.69, 9.17) is 5.11 Å². The number of benzene rings is 1. The predicted molar refractivity (Wildman–Crippen MR) is 68.3 cm³/mol. The molecule has 1 heterocycles. The van der Waals surface area contributed by atoms with Crippen molar-refractivity contribution in [3.63, 3.8) is 0 Å². The summed E-state index contributed by atoms with van der Waals surface area (Å²) in [6, 6.07) is 5.86. The van der Waals surface area contributed by atoms with E-state index >= 15 is 0 Å². The van der Waals surface area contributed by atoms with Crippen LogP contribution in [0.3, 0.4) is 0 Å². The summed E-state index contributed by atoms with van der Waals surface area (Å²) in [7, 11) is 1.66. The van der Waals surface area contributed by atoms with Crippen LogP contribution in [0.1, 0.15) is 10.5 Å². The van der Waals surface area contributed by atoms with Gasteiger partial charge in [-0.05, 0) is 46.9 Å². The summed E-state index contributed by atoms with van der Waals surface area (Å²) < 4.78 is 14.8. The summed E-state index contributed by atoms with van der Waals surface area (Å²) >= 11 is 1.93. The van der Waals surface area contributed by atoms with Crippen LogP contribution < -0.4 is 0 Å². The molecule has 0 aliphatic rings. The summed E-state index contributed by atoms with van der Waals surface area (Å²) in [5.41, 5.74) is 1.41. The number of rotatable bonds is 2. The van der Waals surface area contributed by atoms with Crippen LogP contribution in [-0.4, -0.2) is 20.9 Å². The Bertz CT molecular complexity index is 578. The zero-order chi connectivity index (χ0) is 12.6. The van der Waals surface area contributed by atoms with Crippen LogP contribution in [0.15, 0.2) is 24.3 Å². The number of carbonyl (C=O) groups is 1. The van der Waals surface area contributed by atoms with Gasteiger partial charge in [0.25, 0.3) is 0 Å². The van der Waals surface area contributed by atoms with Crippen molar-refractivity contribution in [3.05, 3.63) is 39.3 Å². The number of aromatic nitrogens is 2. The van der Waals surface area contributed by atoms with Gasteiger partial charge in [-0.1, -0.05) is 0 Å². The van der Waals surface area contributed by atoms with E-state index in [2.05, 4.69) is 5.10 Å². The largest absolute Gasteiger partial charge is 0.476 e. The average Bonchev–Trinajstić information content (AvgIpc) is 2.56. The fraction of sp³-hybridized carbons (Fsp3) is 0.0909. The molecule has 0 unspecified atom stereocenters. The third-order valence-corrected chi connectivity index (χ3v) is 3.33. The zero-order valence-electron chi connectivity index (χ0n) is 8.82. The third kappa shape index (κ3) is 2.17. The Morgan fingerprint density at radius 3 is 2.47 bits per heavy atom. The number of hydrogen-bond donors (Lipinski definition) is 1. The molecule has 1 N–H and O–H groups in total. The second-order valence-corrected chi connectivity index (χ2v) is 4.53. The molecule has 0 amide bonds. The molecule has 0 aliphatic carbocycles. The Balaban J connectivity index is 2.59. The molecular weight excluding hydrogens is 338 g/mol. The molecule has 0 fully saturated rings. The van der Waals surface area contributed by atoms with Crippen LogP contribution in [0, 0.1) is 9.39 Å². The number of halogens is 2. The van der Waals surface area contributed by atoms with Crippen molar-refractivity contribution >= 4 is 28.6 Å². The SMILES string of the molecule is Cn1nc(C(=O)O)c(I)c1-c1ccc(F)cc1. The normalized spacial score (nSPS) is 10.5. The van der Waals surface area contributed by atoms with Crippen LogP contribution in [-0.2, 0) is 7.05 Å². The van der Waals surface area contributed by atoms with Crippen LogP contribution in [0.4, 0.5) is 4.39 Å². The Labute approximate surface area is 110 Å². The fourth-order valence-corrected chi connectivity index (χ4v) is 2.56. The number of nitrogens with zero attached hydrogens (tertiary/aromatic N) is 2. The lowest BCUT2D eigenvalue weighted by Crippen LogP contribution is -2.00. The number of hydrogen-bond acceptors (Lipinski definition) is 2. The summed E-state index contributed by atoms with van der Waals surface area (Å²) in [4.78, 5) is 10.9. The van der Waals surface area contributed by atoms with E-state index in [0.29, 0.717) is 9.26 Å². The molecule has 0 spiro atoms. The standard InChI is InChI=1S/C11H8FIN2O2/c1-15-10(6-2-4-7(12)5-3-6)8(13)9(14-15)11(16)17/h2-5H,1H3,(H,16,17). The zero-order valence-corrected chi connectivity index (χ0v) is 11.0. The molecule has 1 aromatic heterocycles. The van der Waals surface area contributed by atoms with Gasteiger partial charge in [0.2, 0.25) is 0 Å². The molecule has 4 nitrogen and oxygen atoms in total. The first-order valence-corrected chi connectivity index (χ1v) is 5.80. The smallest absolute Gasteiger partial charge is 0.357 e. The molecule has 0 radical (unpaired) electrons. The van der Waals surface area contributed by atoms with Crippen molar-refractivity contribution in [1.29, 1.82) is 0 Å². The van der Waals surface area contributed by atoms with E-state index < -0.39 is 5.97 Å². The molecule has 1 aromatic carbocycles. The van der Waals surface area contributed by atoms with Crippen molar-refractivity contribution in [2.45, 2.75) is 0 Å². The van der Waals surface area contributed by atoms with E-state index in [0.717, 1.165) is 5.56 Å². The minimum absolute atomic E-state index is 0.00687. The minimum Gasteiger partial charge on any atom is -0.476 e. The quantitative estimate of drug-likeness (QED) is 0.851. The van der Waals surface area contributed by atoms with E-state index in [-0.39, 0.29) is 11.5 Å². The highest BCUT2D eigenvalue weighted by Gasteiger charge is 2.20. The molecule has 2 rings (SSSR count). The van der Waals surface area contributed by atoms with Gasteiger partial charge in [-0.25, -0.2) is 9.18 Å². The van der Waals surface area contributed by atoms with Crippen molar-refractivity contribution in [2.75, 3.05) is 0 Å². The second kappa shape index (κ2) is 4.44. The van der Waals surface area contributed by atoms with Gasteiger partial charge in [-0.2, -0.15) is 5.10 Å². The van der Waals surface area contributed by atoms with Crippen molar-refractivity contribution in [1.82, 2.24) is 9.78 Å². The number of aromatic carboxylic acids is 1. The summed E-state index contributed by atoms with van der Waals surface area (Å²) in [5, 5.41) is 12.9. The molecule has 0 aliphatic heterocycles. The van der Waals surface area contributed by atoms with Gasteiger partial charge in [0.05, 0.1) is 9.26 Å². The lowest BCUT2D eigenvalue weighted by Gasteiger charge is -2.02. The Kier molecular flexibility index (Phi) is 3.14. The van der Waals surface area contributed by atoms with Gasteiger partial charge >= 0.3 is 5.97 Å². The number of carboxylic acids is 1. The van der Waals surface area contributed by atoms with Crippen LogP contribution >= 0.6 is 22.6 Å². The lowest BCUT2D eigenvalue weighted by molar-refractivity contribution is 0.0688. The van der Waals surface area contributed by atoms with E-state index in [1.165, 1.54) is 16.8 Å². The Hall–Kier alpha value is -1.44. The molecule has 0 saturated carbocycles. The highest BCUT2D eigenvalue weighted by atomic mass is 127. The van der Waals surface area contributed by atoms with Gasteiger partial charge < -0.3 is 5.11 Å². The van der Waals surface area contributed by atoms with Crippen LogP contribution in [0.2, 0.25) is 0 Å². The monoisotopic (exact) mass is 346 g/mol. The lowest BCUT2D eigenvalue weighted by atomic mass is 10.1. The maximum absolute atomic E-state index is 12.8. The first kappa shape index (κ1) is 12.0. The molecule has 2 aromatic rings. The summed E-state index contributed by atoms with van der Waals surface area (Å²) in [5.74, 6) is -1.40. The highest BCUT2D eigenvalue weighted by Crippen LogP contribution is 2.27. The van der Waals surface area contributed by atoms with Gasteiger partial charge in [0, 0.05) is 12.6 Å². The van der Waals surface area contributed by atoms with Crippen LogP contribution in [0.25, 0.3) is 11.3 Å². The van der Waals surface area contributed by atoms with E-state index in [1.54, 1.807) is 19.2 Å². The van der Waals surface area contributed by atoms with E-state index in [9.17, 15) is 9.18 Å². The first-order chi connectivity index (χ1) is 8.00. The van der Waals surface area contributed by atoms with Gasteiger partial charge in [0.1, 0.15) is 5.82 Å². The van der Waals surface area contributed by atoms with Gasteiger partial charge in [-0.15, -0.1) is 0 Å². The minimum atomic E-state index is -1.07. The molecule has 0 bridgehead atoms. The molecule has 0 saturated heterocycles. The number of aryl methyl sites for hydroxylation is 1. The maximum atomic E-state index is 12.8. The van der Waals surface area contributed by atoms with E-state index in [1.807, 2.05) is 22.6 Å².